The highest BCUT2D eigenvalue weighted by Crippen LogP contribution is 2.45. The summed E-state index contributed by atoms with van der Waals surface area (Å²) in [4.78, 5) is 11.0. The Morgan fingerprint density at radius 1 is 1.32 bits per heavy atom. The molecular formula is C15H14ClN3. The Balaban J connectivity index is 2.02. The van der Waals surface area contributed by atoms with Crippen molar-refractivity contribution in [3.05, 3.63) is 46.4 Å². The molecule has 1 aromatic heterocycles. The van der Waals surface area contributed by atoms with Crippen molar-refractivity contribution in [3.63, 3.8) is 0 Å². The molecule has 0 bridgehead atoms. The maximum atomic E-state index is 6.28. The predicted octanol–water partition coefficient (Wildman–Crippen LogP) is 3.48. The van der Waals surface area contributed by atoms with Crippen LogP contribution in [0, 0.1) is 0 Å². The molecule has 4 rings (SSSR count). The molecule has 2 aromatic rings. The molecule has 1 aromatic carbocycles. The van der Waals surface area contributed by atoms with Crippen molar-refractivity contribution in [1.29, 1.82) is 0 Å². The first-order valence-corrected chi connectivity index (χ1v) is 7.02. The van der Waals surface area contributed by atoms with Gasteiger partial charge in [0.05, 0.1) is 0 Å². The lowest BCUT2D eigenvalue weighted by Gasteiger charge is -2.20. The predicted molar refractivity (Wildman–Crippen MR) is 76.3 cm³/mol. The molecule has 2 aliphatic rings. The SMILES string of the molecule is C[C@@H]1Cc2c(Cl)ncnc2N2CCc3cccc1c32. The van der Waals surface area contributed by atoms with Crippen molar-refractivity contribution in [1.82, 2.24) is 9.97 Å². The molecule has 2 aliphatic heterocycles. The largest absolute Gasteiger partial charge is 0.325 e. The van der Waals surface area contributed by atoms with Crippen molar-refractivity contribution < 1.29 is 0 Å². The zero-order chi connectivity index (χ0) is 13.0. The van der Waals surface area contributed by atoms with E-state index in [1.165, 1.54) is 16.8 Å². The maximum absolute atomic E-state index is 6.28. The van der Waals surface area contributed by atoms with Gasteiger partial charge in [0.1, 0.15) is 17.3 Å². The third-order valence-electron chi connectivity index (χ3n) is 4.19. The van der Waals surface area contributed by atoms with Gasteiger partial charge in [-0.25, -0.2) is 9.97 Å². The molecule has 1 atom stereocenters. The van der Waals surface area contributed by atoms with Crippen molar-refractivity contribution in [2.45, 2.75) is 25.7 Å². The summed E-state index contributed by atoms with van der Waals surface area (Å²) in [5.41, 5.74) is 5.26. The number of aromatic nitrogens is 2. The zero-order valence-corrected chi connectivity index (χ0v) is 11.5. The second kappa shape index (κ2) is 3.94. The minimum Gasteiger partial charge on any atom is -0.325 e. The van der Waals surface area contributed by atoms with E-state index in [4.69, 9.17) is 11.6 Å². The van der Waals surface area contributed by atoms with Crippen molar-refractivity contribution in [2.75, 3.05) is 11.4 Å². The fraction of sp³-hybridized carbons (Fsp3) is 0.333. The van der Waals surface area contributed by atoms with Gasteiger partial charge in [-0.2, -0.15) is 0 Å². The monoisotopic (exact) mass is 271 g/mol. The molecule has 0 radical (unpaired) electrons. The van der Waals surface area contributed by atoms with Crippen LogP contribution in [0.1, 0.15) is 29.5 Å². The summed E-state index contributed by atoms with van der Waals surface area (Å²) in [5, 5.41) is 0.595. The van der Waals surface area contributed by atoms with E-state index >= 15 is 0 Å². The molecule has 19 heavy (non-hydrogen) atoms. The molecule has 0 spiro atoms. The summed E-state index contributed by atoms with van der Waals surface area (Å²) in [6.07, 6.45) is 3.55. The number of rotatable bonds is 0. The highest BCUT2D eigenvalue weighted by atomic mass is 35.5. The number of fused-ring (bicyclic) bond motifs is 2. The molecular weight excluding hydrogens is 258 g/mol. The van der Waals surface area contributed by atoms with Crippen LogP contribution in [0.2, 0.25) is 5.15 Å². The van der Waals surface area contributed by atoms with Crippen LogP contribution < -0.4 is 4.90 Å². The minimum absolute atomic E-state index is 0.445. The van der Waals surface area contributed by atoms with Gasteiger partial charge in [0.25, 0.3) is 0 Å². The van der Waals surface area contributed by atoms with Crippen molar-refractivity contribution in [2.24, 2.45) is 0 Å². The molecule has 3 heterocycles. The smallest absolute Gasteiger partial charge is 0.141 e. The molecule has 0 saturated carbocycles. The Morgan fingerprint density at radius 3 is 3.11 bits per heavy atom. The Labute approximate surface area is 117 Å². The van der Waals surface area contributed by atoms with E-state index in [9.17, 15) is 0 Å². The lowest BCUT2D eigenvalue weighted by Crippen LogP contribution is -2.16. The summed E-state index contributed by atoms with van der Waals surface area (Å²) in [7, 11) is 0. The Hall–Kier alpha value is -1.61. The van der Waals surface area contributed by atoms with E-state index in [-0.39, 0.29) is 0 Å². The van der Waals surface area contributed by atoms with Crippen LogP contribution in [0.5, 0.6) is 0 Å². The van der Waals surface area contributed by atoms with Crippen LogP contribution in [0.4, 0.5) is 11.5 Å². The van der Waals surface area contributed by atoms with Gasteiger partial charge < -0.3 is 4.90 Å². The van der Waals surface area contributed by atoms with Crippen molar-refractivity contribution in [3.8, 4) is 0 Å². The molecule has 0 fully saturated rings. The molecule has 0 saturated heterocycles. The highest BCUT2D eigenvalue weighted by Gasteiger charge is 2.32. The maximum Gasteiger partial charge on any atom is 0.141 e. The van der Waals surface area contributed by atoms with Crippen molar-refractivity contribution >= 4 is 23.1 Å². The molecule has 0 amide bonds. The molecule has 0 aliphatic carbocycles. The van der Waals surface area contributed by atoms with Gasteiger partial charge in [-0.1, -0.05) is 36.7 Å². The van der Waals surface area contributed by atoms with Crippen LogP contribution in [-0.4, -0.2) is 16.5 Å². The fourth-order valence-corrected chi connectivity index (χ4v) is 3.51. The van der Waals surface area contributed by atoms with E-state index < -0.39 is 0 Å². The van der Waals surface area contributed by atoms with Crippen LogP contribution in [0.15, 0.2) is 24.5 Å². The quantitative estimate of drug-likeness (QED) is 0.687. The Morgan fingerprint density at radius 2 is 2.21 bits per heavy atom. The number of halogens is 1. The van der Waals surface area contributed by atoms with Gasteiger partial charge in [0.15, 0.2) is 0 Å². The Kier molecular flexibility index (Phi) is 2.33. The first-order valence-electron chi connectivity index (χ1n) is 6.64. The minimum atomic E-state index is 0.445. The van der Waals surface area contributed by atoms with Gasteiger partial charge in [-0.3, -0.25) is 0 Å². The number of hydrogen-bond acceptors (Lipinski definition) is 3. The van der Waals surface area contributed by atoms with Gasteiger partial charge in [-0.05, 0) is 29.9 Å². The molecule has 96 valence electrons. The number of nitrogens with zero attached hydrogens (tertiary/aromatic N) is 3. The summed E-state index contributed by atoms with van der Waals surface area (Å²) in [5.74, 6) is 1.44. The summed E-state index contributed by atoms with van der Waals surface area (Å²) >= 11 is 6.28. The van der Waals surface area contributed by atoms with E-state index in [1.807, 2.05) is 0 Å². The standard InChI is InChI=1S/C15H14ClN3/c1-9-7-12-14(16)17-8-18-15(12)19-6-5-10-3-2-4-11(9)13(10)19/h2-4,8-9H,5-7H2,1H3/t9-/m1/s1. The third-order valence-corrected chi connectivity index (χ3v) is 4.52. The first kappa shape index (κ1) is 11.2. The second-order valence-electron chi connectivity index (χ2n) is 5.33. The molecule has 4 heteroatoms. The van der Waals surface area contributed by atoms with Crippen LogP contribution in [0.3, 0.4) is 0 Å². The van der Waals surface area contributed by atoms with E-state index in [2.05, 4.69) is 40.0 Å². The number of para-hydroxylation sites is 1. The number of anilines is 2. The van der Waals surface area contributed by atoms with Crippen LogP contribution in [-0.2, 0) is 12.8 Å². The highest BCUT2D eigenvalue weighted by molar-refractivity contribution is 6.30. The van der Waals surface area contributed by atoms with E-state index in [0.717, 1.165) is 30.8 Å². The normalized spacial score (nSPS) is 19.9. The average molecular weight is 272 g/mol. The molecule has 0 unspecified atom stereocenters. The summed E-state index contributed by atoms with van der Waals surface area (Å²) in [6.45, 7) is 3.24. The topological polar surface area (TPSA) is 29.0 Å². The van der Waals surface area contributed by atoms with E-state index in [1.54, 1.807) is 6.33 Å². The second-order valence-corrected chi connectivity index (χ2v) is 5.69. The lowest BCUT2D eigenvalue weighted by molar-refractivity contribution is 0.763. The van der Waals surface area contributed by atoms with E-state index in [0.29, 0.717) is 11.1 Å². The molecule has 0 N–H and O–H groups in total. The number of hydrogen-bond donors (Lipinski definition) is 0. The third kappa shape index (κ3) is 1.51. The molecule has 3 nitrogen and oxygen atoms in total. The Bertz CT molecular complexity index is 668. The van der Waals surface area contributed by atoms with Gasteiger partial charge in [0.2, 0.25) is 0 Å². The van der Waals surface area contributed by atoms with Gasteiger partial charge in [-0.15, -0.1) is 0 Å². The average Bonchev–Trinajstić information content (AvgIpc) is 2.79. The van der Waals surface area contributed by atoms with Crippen LogP contribution >= 0.6 is 11.6 Å². The van der Waals surface area contributed by atoms with Gasteiger partial charge >= 0.3 is 0 Å². The first-order chi connectivity index (χ1) is 9.25. The zero-order valence-electron chi connectivity index (χ0n) is 10.7. The summed E-state index contributed by atoms with van der Waals surface area (Å²) < 4.78 is 0. The summed E-state index contributed by atoms with van der Waals surface area (Å²) in [6, 6.07) is 6.62. The van der Waals surface area contributed by atoms with Crippen LogP contribution in [0.25, 0.3) is 0 Å². The van der Waals surface area contributed by atoms with Gasteiger partial charge in [0, 0.05) is 17.8 Å². The number of benzene rings is 1. The lowest BCUT2D eigenvalue weighted by atomic mass is 9.93. The fourth-order valence-electron chi connectivity index (χ4n) is 3.30.